The predicted octanol–water partition coefficient (Wildman–Crippen LogP) is 2.08. The molecular formula is C13H16N2. The van der Waals surface area contributed by atoms with Crippen LogP contribution in [0.1, 0.15) is 24.0 Å². The number of aryl methyl sites for hydroxylation is 1. The topological polar surface area (TPSA) is 35.8 Å². The summed E-state index contributed by atoms with van der Waals surface area (Å²) < 4.78 is 0. The molecule has 1 N–H and O–H groups in total. The first-order chi connectivity index (χ1) is 7.35. The number of hydrogen-bond acceptors (Lipinski definition) is 2. The first kappa shape index (κ1) is 10.2. The summed E-state index contributed by atoms with van der Waals surface area (Å²) in [5, 5.41) is 12.3. The van der Waals surface area contributed by atoms with E-state index >= 15 is 0 Å². The smallest absolute Gasteiger partial charge is 0.0676 e. The van der Waals surface area contributed by atoms with E-state index in [9.17, 15) is 0 Å². The fourth-order valence-corrected chi connectivity index (χ4v) is 2.17. The van der Waals surface area contributed by atoms with Gasteiger partial charge < -0.3 is 5.32 Å². The van der Waals surface area contributed by atoms with Crippen molar-refractivity contribution in [1.29, 1.82) is 5.26 Å². The first-order valence-electron chi connectivity index (χ1n) is 5.54. The normalized spacial score (nSPS) is 25.1. The minimum Gasteiger partial charge on any atom is -0.315 e. The zero-order chi connectivity index (χ0) is 10.7. The molecule has 1 aliphatic heterocycles. The summed E-state index contributed by atoms with van der Waals surface area (Å²) in [7, 11) is 0. The lowest BCUT2D eigenvalue weighted by molar-refractivity contribution is 0.646. The Bertz CT molecular complexity index is 361. The fraction of sp³-hybridized carbons (Fsp3) is 0.462. The van der Waals surface area contributed by atoms with E-state index < -0.39 is 0 Å². The Morgan fingerprint density at radius 1 is 1.33 bits per heavy atom. The van der Waals surface area contributed by atoms with Crippen molar-refractivity contribution in [1.82, 2.24) is 5.32 Å². The van der Waals surface area contributed by atoms with Crippen LogP contribution in [-0.4, -0.2) is 13.1 Å². The van der Waals surface area contributed by atoms with Gasteiger partial charge in [-0.15, -0.1) is 0 Å². The number of benzene rings is 1. The van der Waals surface area contributed by atoms with Crippen LogP contribution in [0.25, 0.3) is 0 Å². The lowest BCUT2D eigenvalue weighted by atomic mass is 9.89. The van der Waals surface area contributed by atoms with E-state index in [1.54, 1.807) is 0 Å². The van der Waals surface area contributed by atoms with E-state index in [0.29, 0.717) is 5.92 Å². The molecule has 2 heteroatoms. The lowest BCUT2D eigenvalue weighted by Crippen LogP contribution is -2.08. The largest absolute Gasteiger partial charge is 0.315 e. The maximum atomic E-state index is 9.01. The van der Waals surface area contributed by atoms with Crippen molar-refractivity contribution in [3.63, 3.8) is 0 Å². The third-order valence-corrected chi connectivity index (χ3v) is 3.20. The van der Waals surface area contributed by atoms with Crippen molar-refractivity contribution >= 4 is 0 Å². The molecule has 0 amide bonds. The molecule has 2 atom stereocenters. The molecule has 1 aliphatic rings. The van der Waals surface area contributed by atoms with Gasteiger partial charge in [-0.1, -0.05) is 31.2 Å². The molecule has 0 radical (unpaired) electrons. The average Bonchev–Trinajstić information content (AvgIpc) is 2.77. The molecule has 0 bridgehead atoms. The Hall–Kier alpha value is -1.33. The van der Waals surface area contributed by atoms with Crippen molar-refractivity contribution in [2.45, 2.75) is 19.3 Å². The Morgan fingerprint density at radius 2 is 2.07 bits per heavy atom. The van der Waals surface area contributed by atoms with Crippen molar-refractivity contribution in [3.05, 3.63) is 35.4 Å². The van der Waals surface area contributed by atoms with Crippen molar-refractivity contribution in [2.75, 3.05) is 13.1 Å². The van der Waals surface area contributed by atoms with Gasteiger partial charge >= 0.3 is 0 Å². The van der Waals surface area contributed by atoms with Crippen LogP contribution < -0.4 is 5.32 Å². The Balaban J connectivity index is 2.19. The van der Waals surface area contributed by atoms with Crippen LogP contribution in [0.3, 0.4) is 0 Å². The van der Waals surface area contributed by atoms with Crippen LogP contribution in [0.4, 0.5) is 0 Å². The lowest BCUT2D eigenvalue weighted by Gasteiger charge is -2.12. The summed E-state index contributed by atoms with van der Waals surface area (Å²) in [6.07, 6.45) is 1.07. The van der Waals surface area contributed by atoms with E-state index in [1.165, 1.54) is 11.1 Å². The highest BCUT2D eigenvalue weighted by molar-refractivity contribution is 5.28. The summed E-state index contributed by atoms with van der Waals surface area (Å²) in [4.78, 5) is 0. The first-order valence-corrected chi connectivity index (χ1v) is 5.54. The Labute approximate surface area is 90.9 Å². The van der Waals surface area contributed by atoms with E-state index in [0.717, 1.165) is 19.5 Å². The van der Waals surface area contributed by atoms with Crippen LogP contribution in [0.2, 0.25) is 0 Å². The van der Waals surface area contributed by atoms with Crippen LogP contribution in [0.15, 0.2) is 24.3 Å². The van der Waals surface area contributed by atoms with E-state index in [1.807, 2.05) is 0 Å². The Morgan fingerprint density at radius 3 is 2.67 bits per heavy atom. The molecule has 2 nitrogen and oxygen atoms in total. The van der Waals surface area contributed by atoms with Gasteiger partial charge in [0.25, 0.3) is 0 Å². The summed E-state index contributed by atoms with van der Waals surface area (Å²) in [5.74, 6) is 0.512. The molecule has 78 valence electrons. The monoisotopic (exact) mass is 200 g/mol. The average molecular weight is 200 g/mol. The van der Waals surface area contributed by atoms with Crippen molar-refractivity contribution in [2.24, 2.45) is 5.92 Å². The molecule has 2 rings (SSSR count). The molecule has 0 aliphatic carbocycles. The van der Waals surface area contributed by atoms with Crippen molar-refractivity contribution < 1.29 is 0 Å². The molecule has 0 saturated carbocycles. The van der Waals surface area contributed by atoms with Crippen LogP contribution in [-0.2, 0) is 6.42 Å². The summed E-state index contributed by atoms with van der Waals surface area (Å²) in [6.45, 7) is 3.92. The Kier molecular flexibility index (Phi) is 3.03. The van der Waals surface area contributed by atoms with Gasteiger partial charge in [0.1, 0.15) is 0 Å². The fourth-order valence-electron chi connectivity index (χ4n) is 2.17. The highest BCUT2D eigenvalue weighted by Crippen LogP contribution is 2.27. The highest BCUT2D eigenvalue weighted by Gasteiger charge is 2.27. The van der Waals surface area contributed by atoms with Crippen LogP contribution in [0, 0.1) is 17.2 Å². The van der Waals surface area contributed by atoms with Gasteiger partial charge in [0, 0.05) is 19.0 Å². The van der Waals surface area contributed by atoms with Gasteiger partial charge in [-0.25, -0.2) is 0 Å². The summed E-state index contributed by atoms with van der Waals surface area (Å²) in [5.41, 5.74) is 2.65. The third-order valence-electron chi connectivity index (χ3n) is 3.20. The maximum Gasteiger partial charge on any atom is 0.0676 e. The number of hydrogen-bond donors (Lipinski definition) is 1. The molecule has 0 unspecified atom stereocenters. The van der Waals surface area contributed by atoms with Crippen LogP contribution in [0.5, 0.6) is 0 Å². The van der Waals surface area contributed by atoms with Gasteiger partial charge in [-0.3, -0.25) is 0 Å². The van der Waals surface area contributed by atoms with E-state index in [-0.39, 0.29) is 5.92 Å². The minimum absolute atomic E-state index is 0.137. The van der Waals surface area contributed by atoms with Gasteiger partial charge in [-0.2, -0.15) is 5.26 Å². The molecule has 15 heavy (non-hydrogen) atoms. The molecule has 0 aromatic heterocycles. The quantitative estimate of drug-likeness (QED) is 0.793. The standard InChI is InChI=1S/C13H16N2/c1-2-10-3-5-11(6-4-10)13-9-15-8-12(13)7-14/h3-6,12-13,15H,2,8-9H2,1H3/t12-,13+/m1/s1. The second kappa shape index (κ2) is 4.46. The number of rotatable bonds is 2. The molecule has 1 saturated heterocycles. The van der Waals surface area contributed by atoms with Gasteiger partial charge in [0.2, 0.25) is 0 Å². The highest BCUT2D eigenvalue weighted by atomic mass is 14.9. The number of nitriles is 1. The second-order valence-corrected chi connectivity index (χ2v) is 4.10. The zero-order valence-electron chi connectivity index (χ0n) is 9.03. The van der Waals surface area contributed by atoms with E-state index in [4.69, 9.17) is 5.26 Å². The van der Waals surface area contributed by atoms with Gasteiger partial charge in [0.15, 0.2) is 0 Å². The molecule has 1 heterocycles. The maximum absolute atomic E-state index is 9.01. The minimum atomic E-state index is 0.137. The molecule has 1 aromatic rings. The SMILES string of the molecule is CCc1ccc([C@@H]2CNC[C@H]2C#N)cc1. The second-order valence-electron chi connectivity index (χ2n) is 4.10. The summed E-state index contributed by atoms with van der Waals surface area (Å²) in [6, 6.07) is 11.1. The molecule has 1 aromatic carbocycles. The van der Waals surface area contributed by atoms with Crippen molar-refractivity contribution in [3.8, 4) is 6.07 Å². The van der Waals surface area contributed by atoms with Gasteiger partial charge in [0.05, 0.1) is 12.0 Å². The van der Waals surface area contributed by atoms with E-state index in [2.05, 4.69) is 42.6 Å². The summed E-state index contributed by atoms with van der Waals surface area (Å²) >= 11 is 0. The number of nitrogens with zero attached hydrogens (tertiary/aromatic N) is 1. The number of nitrogens with one attached hydrogen (secondary N) is 1. The molecule has 1 fully saturated rings. The predicted molar refractivity (Wildman–Crippen MR) is 60.5 cm³/mol. The zero-order valence-corrected chi connectivity index (χ0v) is 9.03. The van der Waals surface area contributed by atoms with Gasteiger partial charge in [-0.05, 0) is 17.5 Å². The molecule has 0 spiro atoms. The third kappa shape index (κ3) is 2.03. The molecular weight excluding hydrogens is 184 g/mol. The van der Waals surface area contributed by atoms with Crippen LogP contribution >= 0.6 is 0 Å².